The van der Waals surface area contributed by atoms with E-state index in [0.29, 0.717) is 0 Å². The van der Waals surface area contributed by atoms with E-state index < -0.39 is 0 Å². The second kappa shape index (κ2) is 7.83. The molecule has 0 amide bonds. The van der Waals surface area contributed by atoms with Gasteiger partial charge in [0.1, 0.15) is 5.75 Å². The number of methoxy groups -OCH3 is 1. The van der Waals surface area contributed by atoms with Gasteiger partial charge in [-0.15, -0.1) is 0 Å². The van der Waals surface area contributed by atoms with Crippen LogP contribution in [0.3, 0.4) is 0 Å². The van der Waals surface area contributed by atoms with Gasteiger partial charge in [0.2, 0.25) is 0 Å². The predicted octanol–water partition coefficient (Wildman–Crippen LogP) is 5.20. The lowest BCUT2D eigenvalue weighted by Crippen LogP contribution is -2.23. The smallest absolute Gasteiger partial charge is 0.133 e. The molecule has 1 unspecified atom stereocenters. The zero-order chi connectivity index (χ0) is 15.2. The maximum atomic E-state index is 5.99. The van der Waals surface area contributed by atoms with Crippen LogP contribution in [0.2, 0.25) is 5.02 Å². The Labute approximate surface area is 139 Å². The number of rotatable bonds is 6. The molecule has 0 fully saturated rings. The standard InChI is InChI=1S/C17H19BrClNO/c1-3-10-20-17(12-4-7-14(19)8-5-12)13-6-9-16(21-2)15(18)11-13/h4-9,11,17,20H,3,10H2,1-2H3. The molecule has 21 heavy (non-hydrogen) atoms. The van der Waals surface area contributed by atoms with Gasteiger partial charge in [-0.1, -0.05) is 36.7 Å². The summed E-state index contributed by atoms with van der Waals surface area (Å²) in [5.74, 6) is 0.837. The summed E-state index contributed by atoms with van der Waals surface area (Å²) in [7, 11) is 1.67. The van der Waals surface area contributed by atoms with Gasteiger partial charge in [0.25, 0.3) is 0 Å². The van der Waals surface area contributed by atoms with Crippen molar-refractivity contribution in [3.05, 3.63) is 63.1 Å². The van der Waals surface area contributed by atoms with Gasteiger partial charge in [0.15, 0.2) is 0 Å². The molecule has 0 heterocycles. The first kappa shape index (κ1) is 16.3. The van der Waals surface area contributed by atoms with E-state index in [0.717, 1.165) is 28.2 Å². The van der Waals surface area contributed by atoms with Crippen molar-refractivity contribution in [1.82, 2.24) is 5.32 Å². The van der Waals surface area contributed by atoms with E-state index in [1.807, 2.05) is 18.2 Å². The van der Waals surface area contributed by atoms with E-state index in [4.69, 9.17) is 16.3 Å². The van der Waals surface area contributed by atoms with Gasteiger partial charge in [-0.05, 0) is 64.3 Å². The van der Waals surface area contributed by atoms with Gasteiger partial charge in [0.05, 0.1) is 17.6 Å². The number of hydrogen-bond donors (Lipinski definition) is 1. The van der Waals surface area contributed by atoms with Crippen LogP contribution in [-0.2, 0) is 0 Å². The highest BCUT2D eigenvalue weighted by atomic mass is 79.9. The maximum Gasteiger partial charge on any atom is 0.133 e. The summed E-state index contributed by atoms with van der Waals surface area (Å²) in [6, 6.07) is 14.3. The highest BCUT2D eigenvalue weighted by Crippen LogP contribution is 2.31. The fraction of sp³-hybridized carbons (Fsp3) is 0.294. The van der Waals surface area contributed by atoms with E-state index in [1.165, 1.54) is 11.1 Å². The molecule has 112 valence electrons. The Morgan fingerprint density at radius 3 is 2.38 bits per heavy atom. The lowest BCUT2D eigenvalue weighted by atomic mass is 9.98. The molecule has 0 saturated carbocycles. The van der Waals surface area contributed by atoms with E-state index in [9.17, 15) is 0 Å². The number of halogens is 2. The Morgan fingerprint density at radius 1 is 1.14 bits per heavy atom. The minimum atomic E-state index is 0.143. The molecular formula is C17H19BrClNO. The number of benzene rings is 2. The molecule has 2 aromatic rings. The Hall–Kier alpha value is -1.03. The van der Waals surface area contributed by atoms with Crippen LogP contribution in [0.25, 0.3) is 0 Å². The normalized spacial score (nSPS) is 12.2. The third-order valence-corrected chi connectivity index (χ3v) is 4.18. The first-order valence-electron chi connectivity index (χ1n) is 6.98. The van der Waals surface area contributed by atoms with E-state index in [1.54, 1.807) is 7.11 Å². The molecule has 0 aliphatic carbocycles. The van der Waals surface area contributed by atoms with Crippen LogP contribution in [0.1, 0.15) is 30.5 Å². The van der Waals surface area contributed by atoms with Gasteiger partial charge in [-0.3, -0.25) is 0 Å². The quantitative estimate of drug-likeness (QED) is 0.756. The topological polar surface area (TPSA) is 21.3 Å². The summed E-state index contributed by atoms with van der Waals surface area (Å²) in [5, 5.41) is 4.34. The molecule has 4 heteroatoms. The van der Waals surface area contributed by atoms with Crippen LogP contribution in [0.4, 0.5) is 0 Å². The molecule has 2 rings (SSSR count). The van der Waals surface area contributed by atoms with Crippen LogP contribution < -0.4 is 10.1 Å². The van der Waals surface area contributed by atoms with Gasteiger partial charge in [-0.2, -0.15) is 0 Å². The Kier molecular flexibility index (Phi) is 6.09. The summed E-state index contributed by atoms with van der Waals surface area (Å²) >= 11 is 9.54. The van der Waals surface area contributed by atoms with E-state index in [2.05, 4.69) is 52.4 Å². The maximum absolute atomic E-state index is 5.99. The second-order valence-corrected chi connectivity index (χ2v) is 6.12. The molecule has 0 spiro atoms. The van der Waals surface area contributed by atoms with Crippen molar-refractivity contribution in [2.45, 2.75) is 19.4 Å². The molecule has 2 aromatic carbocycles. The van der Waals surface area contributed by atoms with Crippen LogP contribution in [0.5, 0.6) is 5.75 Å². The summed E-state index contributed by atoms with van der Waals surface area (Å²) in [4.78, 5) is 0. The van der Waals surface area contributed by atoms with Crippen molar-refractivity contribution in [2.75, 3.05) is 13.7 Å². The fourth-order valence-corrected chi connectivity index (χ4v) is 2.92. The minimum absolute atomic E-state index is 0.143. The molecule has 0 aliphatic rings. The molecular weight excluding hydrogens is 350 g/mol. The molecule has 0 bridgehead atoms. The minimum Gasteiger partial charge on any atom is -0.496 e. The molecule has 2 nitrogen and oxygen atoms in total. The van der Waals surface area contributed by atoms with Gasteiger partial charge < -0.3 is 10.1 Å². The van der Waals surface area contributed by atoms with Crippen LogP contribution >= 0.6 is 27.5 Å². The molecule has 0 radical (unpaired) electrons. The van der Waals surface area contributed by atoms with Crippen molar-refractivity contribution in [3.63, 3.8) is 0 Å². The summed E-state index contributed by atoms with van der Waals surface area (Å²) in [6.45, 7) is 3.12. The molecule has 0 saturated heterocycles. The average molecular weight is 369 g/mol. The summed E-state index contributed by atoms with van der Waals surface area (Å²) in [6.07, 6.45) is 1.08. The summed E-state index contributed by atoms with van der Waals surface area (Å²) in [5.41, 5.74) is 2.39. The Balaban J connectivity index is 2.35. The van der Waals surface area contributed by atoms with Crippen molar-refractivity contribution >= 4 is 27.5 Å². The third-order valence-electron chi connectivity index (χ3n) is 3.31. The van der Waals surface area contributed by atoms with Crippen LogP contribution in [-0.4, -0.2) is 13.7 Å². The SMILES string of the molecule is CCCNC(c1ccc(Cl)cc1)c1ccc(OC)c(Br)c1. The van der Waals surface area contributed by atoms with Gasteiger partial charge in [0, 0.05) is 5.02 Å². The van der Waals surface area contributed by atoms with Crippen LogP contribution in [0.15, 0.2) is 46.9 Å². The summed E-state index contributed by atoms with van der Waals surface area (Å²) < 4.78 is 6.26. The van der Waals surface area contributed by atoms with Crippen molar-refractivity contribution in [1.29, 1.82) is 0 Å². The van der Waals surface area contributed by atoms with E-state index in [-0.39, 0.29) is 6.04 Å². The Morgan fingerprint density at radius 2 is 1.81 bits per heavy atom. The largest absolute Gasteiger partial charge is 0.496 e. The molecule has 1 N–H and O–H groups in total. The first-order valence-corrected chi connectivity index (χ1v) is 8.15. The molecule has 1 atom stereocenters. The van der Waals surface area contributed by atoms with E-state index >= 15 is 0 Å². The highest BCUT2D eigenvalue weighted by molar-refractivity contribution is 9.10. The van der Waals surface area contributed by atoms with Gasteiger partial charge in [-0.25, -0.2) is 0 Å². The number of nitrogens with one attached hydrogen (secondary N) is 1. The number of hydrogen-bond acceptors (Lipinski definition) is 2. The highest BCUT2D eigenvalue weighted by Gasteiger charge is 2.14. The monoisotopic (exact) mass is 367 g/mol. The Bertz CT molecular complexity index is 586. The van der Waals surface area contributed by atoms with Crippen molar-refractivity contribution in [3.8, 4) is 5.75 Å². The van der Waals surface area contributed by atoms with Gasteiger partial charge >= 0.3 is 0 Å². The average Bonchev–Trinajstić information content (AvgIpc) is 2.49. The predicted molar refractivity (Wildman–Crippen MR) is 92.3 cm³/mol. The van der Waals surface area contributed by atoms with Crippen molar-refractivity contribution < 1.29 is 4.74 Å². The third kappa shape index (κ3) is 4.22. The lowest BCUT2D eigenvalue weighted by molar-refractivity contribution is 0.411. The fourth-order valence-electron chi connectivity index (χ4n) is 2.23. The molecule has 0 aliphatic heterocycles. The van der Waals surface area contributed by atoms with Crippen LogP contribution in [0, 0.1) is 0 Å². The zero-order valence-electron chi connectivity index (χ0n) is 12.2. The first-order chi connectivity index (χ1) is 10.2. The second-order valence-electron chi connectivity index (χ2n) is 4.83. The number of ether oxygens (including phenoxy) is 1. The molecule has 0 aromatic heterocycles. The van der Waals surface area contributed by atoms with Crippen molar-refractivity contribution in [2.24, 2.45) is 0 Å². The lowest BCUT2D eigenvalue weighted by Gasteiger charge is -2.20. The zero-order valence-corrected chi connectivity index (χ0v) is 14.5.